The highest BCUT2D eigenvalue weighted by Crippen LogP contribution is 2.29. The molecule has 23 heavy (non-hydrogen) atoms. The van der Waals surface area contributed by atoms with E-state index in [9.17, 15) is 8.78 Å². The second-order valence-electron chi connectivity index (χ2n) is 4.47. The summed E-state index contributed by atoms with van der Waals surface area (Å²) < 4.78 is 32.5. The van der Waals surface area contributed by atoms with Gasteiger partial charge in [0, 0.05) is 23.9 Å². The van der Waals surface area contributed by atoms with Crippen molar-refractivity contribution in [2.45, 2.75) is 0 Å². The molecule has 0 aliphatic heterocycles. The molecule has 2 heterocycles. The molecule has 0 aliphatic rings. The monoisotopic (exact) mass is 337 g/mol. The van der Waals surface area contributed by atoms with Crippen molar-refractivity contribution in [1.29, 1.82) is 0 Å². The SMILES string of the molecule is COc1cc(F)c(-c2cc(Nc3ccnc(Cl)n3)n[nH]2)cc1F. The van der Waals surface area contributed by atoms with Gasteiger partial charge in [-0.15, -0.1) is 0 Å². The van der Waals surface area contributed by atoms with Crippen molar-refractivity contribution in [3.05, 3.63) is 47.4 Å². The summed E-state index contributed by atoms with van der Waals surface area (Å²) in [5.41, 5.74) is 0.330. The van der Waals surface area contributed by atoms with Crippen molar-refractivity contribution in [3.8, 4) is 17.0 Å². The number of rotatable bonds is 4. The molecule has 1 aromatic carbocycles. The molecule has 0 radical (unpaired) electrons. The summed E-state index contributed by atoms with van der Waals surface area (Å²) in [7, 11) is 1.27. The van der Waals surface area contributed by atoms with Gasteiger partial charge in [0.1, 0.15) is 11.6 Å². The van der Waals surface area contributed by atoms with E-state index in [4.69, 9.17) is 16.3 Å². The zero-order valence-corrected chi connectivity index (χ0v) is 12.5. The van der Waals surface area contributed by atoms with Crippen LogP contribution in [0, 0.1) is 11.6 Å². The molecule has 2 aromatic heterocycles. The van der Waals surface area contributed by atoms with Gasteiger partial charge in [0.05, 0.1) is 12.8 Å². The topological polar surface area (TPSA) is 75.7 Å². The van der Waals surface area contributed by atoms with E-state index in [2.05, 4.69) is 25.5 Å². The number of nitrogens with one attached hydrogen (secondary N) is 2. The van der Waals surface area contributed by atoms with Gasteiger partial charge in [-0.1, -0.05) is 0 Å². The second kappa shape index (κ2) is 6.17. The maximum absolute atomic E-state index is 14.0. The van der Waals surface area contributed by atoms with Crippen LogP contribution in [0.1, 0.15) is 0 Å². The number of hydrogen-bond donors (Lipinski definition) is 2. The molecule has 0 unspecified atom stereocenters. The van der Waals surface area contributed by atoms with Crippen molar-refractivity contribution in [2.75, 3.05) is 12.4 Å². The molecule has 3 aromatic rings. The lowest BCUT2D eigenvalue weighted by Gasteiger charge is -2.05. The summed E-state index contributed by atoms with van der Waals surface area (Å²) >= 11 is 5.69. The van der Waals surface area contributed by atoms with E-state index in [-0.39, 0.29) is 16.6 Å². The minimum absolute atomic E-state index is 0.0320. The summed E-state index contributed by atoms with van der Waals surface area (Å²) in [6.07, 6.45) is 1.48. The van der Waals surface area contributed by atoms with Crippen LogP contribution in [0.3, 0.4) is 0 Å². The van der Waals surface area contributed by atoms with Crippen LogP contribution in [0.2, 0.25) is 5.28 Å². The number of methoxy groups -OCH3 is 1. The van der Waals surface area contributed by atoms with Crippen molar-refractivity contribution in [1.82, 2.24) is 20.2 Å². The Morgan fingerprint density at radius 3 is 2.74 bits per heavy atom. The largest absolute Gasteiger partial charge is 0.494 e. The molecule has 0 amide bonds. The number of anilines is 2. The van der Waals surface area contributed by atoms with Crippen LogP contribution in [0.4, 0.5) is 20.4 Å². The van der Waals surface area contributed by atoms with Crippen LogP contribution in [-0.2, 0) is 0 Å². The first kappa shape index (κ1) is 15.2. The molecule has 3 rings (SSSR count). The Hall–Kier alpha value is -2.74. The number of H-pyrrole nitrogens is 1. The van der Waals surface area contributed by atoms with E-state index >= 15 is 0 Å². The number of nitrogens with zero attached hydrogens (tertiary/aromatic N) is 3. The van der Waals surface area contributed by atoms with Gasteiger partial charge < -0.3 is 10.1 Å². The predicted molar refractivity (Wildman–Crippen MR) is 80.8 cm³/mol. The molecule has 0 bridgehead atoms. The highest BCUT2D eigenvalue weighted by molar-refractivity contribution is 6.28. The first-order valence-corrected chi connectivity index (χ1v) is 6.79. The Balaban J connectivity index is 1.89. The Morgan fingerprint density at radius 2 is 2.00 bits per heavy atom. The standard InChI is InChI=1S/C14H10ClF2N5O/c1-23-11-5-8(16)7(4-9(11)17)10-6-13(22-21-10)19-12-2-3-18-14(15)20-12/h2-6H,1H3,(H2,18,19,20,21,22). The number of benzene rings is 1. The second-order valence-corrected chi connectivity index (χ2v) is 4.81. The molecule has 2 N–H and O–H groups in total. The minimum Gasteiger partial charge on any atom is -0.494 e. The van der Waals surface area contributed by atoms with E-state index in [0.29, 0.717) is 17.3 Å². The van der Waals surface area contributed by atoms with E-state index in [1.54, 1.807) is 6.07 Å². The predicted octanol–water partition coefficient (Wildman–Crippen LogP) is 3.55. The van der Waals surface area contributed by atoms with Crippen LogP contribution in [-0.4, -0.2) is 27.3 Å². The Bertz CT molecular complexity index is 855. The Labute approximate surface area is 134 Å². The van der Waals surface area contributed by atoms with Gasteiger partial charge in [0.25, 0.3) is 0 Å². The quantitative estimate of drug-likeness (QED) is 0.712. The smallest absolute Gasteiger partial charge is 0.224 e. The fourth-order valence-corrected chi connectivity index (χ4v) is 2.10. The molecular weight excluding hydrogens is 328 g/mol. The lowest BCUT2D eigenvalue weighted by molar-refractivity contribution is 0.383. The summed E-state index contributed by atoms with van der Waals surface area (Å²) in [6, 6.07) is 5.12. The van der Waals surface area contributed by atoms with Gasteiger partial charge in [0.15, 0.2) is 17.4 Å². The molecule has 0 atom stereocenters. The molecule has 0 fully saturated rings. The van der Waals surface area contributed by atoms with E-state index in [1.807, 2.05) is 0 Å². The minimum atomic E-state index is -0.671. The van der Waals surface area contributed by atoms with Crippen LogP contribution in [0.25, 0.3) is 11.3 Å². The first-order valence-electron chi connectivity index (χ1n) is 6.41. The third-order valence-corrected chi connectivity index (χ3v) is 3.17. The summed E-state index contributed by atoms with van der Waals surface area (Å²) in [6.45, 7) is 0. The highest BCUT2D eigenvalue weighted by Gasteiger charge is 2.14. The number of ether oxygens (including phenoxy) is 1. The molecule has 9 heteroatoms. The maximum atomic E-state index is 14.0. The molecule has 118 valence electrons. The van der Waals surface area contributed by atoms with E-state index < -0.39 is 11.6 Å². The molecule has 0 spiro atoms. The van der Waals surface area contributed by atoms with Crippen molar-refractivity contribution in [3.63, 3.8) is 0 Å². The summed E-state index contributed by atoms with van der Waals surface area (Å²) in [5, 5.41) is 9.55. The summed E-state index contributed by atoms with van der Waals surface area (Å²) in [4.78, 5) is 7.70. The van der Waals surface area contributed by atoms with Crippen molar-refractivity contribution >= 4 is 23.2 Å². The number of aromatic amines is 1. The Kier molecular flexibility index (Phi) is 4.07. The van der Waals surface area contributed by atoms with Crippen molar-refractivity contribution in [2.24, 2.45) is 0 Å². The fourth-order valence-electron chi connectivity index (χ4n) is 1.95. The van der Waals surface area contributed by atoms with Gasteiger partial charge in [-0.05, 0) is 23.7 Å². The third-order valence-electron chi connectivity index (χ3n) is 2.99. The first-order chi connectivity index (χ1) is 11.1. The van der Waals surface area contributed by atoms with Crippen LogP contribution >= 0.6 is 11.6 Å². The van der Waals surface area contributed by atoms with E-state index in [0.717, 1.165) is 12.1 Å². The van der Waals surface area contributed by atoms with Gasteiger partial charge in [0.2, 0.25) is 5.28 Å². The molecule has 0 aliphatic carbocycles. The van der Waals surface area contributed by atoms with Gasteiger partial charge >= 0.3 is 0 Å². The molecule has 6 nitrogen and oxygen atoms in total. The molecule has 0 saturated carbocycles. The van der Waals surface area contributed by atoms with Crippen LogP contribution < -0.4 is 10.1 Å². The number of aromatic nitrogens is 4. The fraction of sp³-hybridized carbons (Fsp3) is 0.0714. The number of hydrogen-bond acceptors (Lipinski definition) is 5. The molecular formula is C14H10ClF2N5O. The molecule has 0 saturated heterocycles. The average molecular weight is 338 g/mol. The van der Waals surface area contributed by atoms with Crippen molar-refractivity contribution < 1.29 is 13.5 Å². The zero-order chi connectivity index (χ0) is 16.4. The van der Waals surface area contributed by atoms with Crippen LogP contribution in [0.5, 0.6) is 5.75 Å². The zero-order valence-electron chi connectivity index (χ0n) is 11.8. The van der Waals surface area contributed by atoms with Gasteiger partial charge in [-0.3, -0.25) is 5.10 Å². The lowest BCUT2D eigenvalue weighted by atomic mass is 10.1. The number of halogens is 3. The normalized spacial score (nSPS) is 10.6. The third kappa shape index (κ3) is 3.21. The summed E-state index contributed by atoms with van der Waals surface area (Å²) in [5.74, 6) is -0.686. The van der Waals surface area contributed by atoms with E-state index in [1.165, 1.54) is 19.4 Å². The lowest BCUT2D eigenvalue weighted by Crippen LogP contribution is -1.94. The van der Waals surface area contributed by atoms with Gasteiger partial charge in [-0.25, -0.2) is 18.7 Å². The maximum Gasteiger partial charge on any atom is 0.224 e. The van der Waals surface area contributed by atoms with Gasteiger partial charge in [-0.2, -0.15) is 5.10 Å². The Morgan fingerprint density at radius 1 is 1.17 bits per heavy atom. The van der Waals surface area contributed by atoms with Crippen LogP contribution in [0.15, 0.2) is 30.5 Å². The highest BCUT2D eigenvalue weighted by atomic mass is 35.5. The average Bonchev–Trinajstić information content (AvgIpc) is 2.97.